The van der Waals surface area contributed by atoms with Crippen molar-refractivity contribution in [3.05, 3.63) is 24.0 Å². The Bertz CT molecular complexity index is 494. The molecule has 0 saturated heterocycles. The van der Waals surface area contributed by atoms with Crippen LogP contribution in [0.15, 0.2) is 18.3 Å². The minimum Gasteiger partial charge on any atom is -0.480 e. The number of carboxylic acids is 1. The van der Waals surface area contributed by atoms with E-state index in [0.29, 0.717) is 4.90 Å². The van der Waals surface area contributed by atoms with Crippen molar-refractivity contribution in [1.29, 1.82) is 0 Å². The molecule has 0 aliphatic rings. The molecule has 5 nitrogen and oxygen atoms in total. The summed E-state index contributed by atoms with van der Waals surface area (Å²) >= 11 is 0. The summed E-state index contributed by atoms with van der Waals surface area (Å²) < 4.78 is 38.6. The Kier molecular flexibility index (Phi) is 4.80. The van der Waals surface area contributed by atoms with E-state index in [-0.39, 0.29) is 5.69 Å². The van der Waals surface area contributed by atoms with E-state index in [9.17, 15) is 22.8 Å². The fraction of sp³-hybridized carbons (Fsp3) is 0.500. The lowest BCUT2D eigenvalue weighted by Crippen LogP contribution is -2.44. The Labute approximate surface area is 113 Å². The number of hydrogen-bond donors (Lipinski definition) is 1. The predicted octanol–water partition coefficient (Wildman–Crippen LogP) is 1.99. The van der Waals surface area contributed by atoms with Gasteiger partial charge in [-0.1, -0.05) is 0 Å². The van der Waals surface area contributed by atoms with Crippen LogP contribution in [0.3, 0.4) is 0 Å². The van der Waals surface area contributed by atoms with Gasteiger partial charge in [-0.05, 0) is 26.0 Å². The smallest absolute Gasteiger partial charge is 0.406 e. The van der Waals surface area contributed by atoms with E-state index in [1.165, 1.54) is 32.2 Å². The predicted molar refractivity (Wildman–Crippen MR) is 64.3 cm³/mol. The highest BCUT2D eigenvalue weighted by Crippen LogP contribution is 2.20. The lowest BCUT2D eigenvalue weighted by Gasteiger charge is -2.28. The average molecular weight is 292 g/mol. The summed E-state index contributed by atoms with van der Waals surface area (Å²) in [4.78, 5) is 23.4. The number of hydrogen-bond acceptors (Lipinski definition) is 2. The number of carboxylic acid groups (broad SMARTS) is 1. The van der Waals surface area contributed by atoms with E-state index in [2.05, 4.69) is 0 Å². The van der Waals surface area contributed by atoms with Gasteiger partial charge in [-0.2, -0.15) is 13.2 Å². The van der Waals surface area contributed by atoms with Crippen LogP contribution < -0.4 is 0 Å². The monoisotopic (exact) mass is 292 g/mol. The zero-order valence-electron chi connectivity index (χ0n) is 11.0. The van der Waals surface area contributed by atoms with Gasteiger partial charge in [0.1, 0.15) is 18.8 Å². The summed E-state index contributed by atoms with van der Waals surface area (Å²) in [7, 11) is 0. The maximum absolute atomic E-state index is 12.5. The Morgan fingerprint density at radius 1 is 1.40 bits per heavy atom. The SMILES string of the molecule is CC(C)N(CC(F)(F)F)C(=O)c1cccn1CC(=O)O. The van der Waals surface area contributed by atoms with Crippen molar-refractivity contribution in [1.82, 2.24) is 9.47 Å². The topological polar surface area (TPSA) is 62.5 Å². The highest BCUT2D eigenvalue weighted by molar-refractivity contribution is 5.93. The van der Waals surface area contributed by atoms with Crippen LogP contribution in [0.25, 0.3) is 0 Å². The Morgan fingerprint density at radius 3 is 2.45 bits per heavy atom. The molecule has 1 aromatic rings. The van der Waals surface area contributed by atoms with E-state index in [0.717, 1.165) is 4.57 Å². The Morgan fingerprint density at radius 2 is 2.00 bits per heavy atom. The van der Waals surface area contributed by atoms with Gasteiger partial charge < -0.3 is 14.6 Å². The quantitative estimate of drug-likeness (QED) is 0.902. The van der Waals surface area contributed by atoms with Gasteiger partial charge in [-0.25, -0.2) is 0 Å². The third-order valence-corrected chi connectivity index (χ3v) is 2.59. The zero-order valence-corrected chi connectivity index (χ0v) is 11.0. The molecule has 1 N–H and O–H groups in total. The second kappa shape index (κ2) is 5.98. The lowest BCUT2D eigenvalue weighted by molar-refractivity contribution is -0.144. The number of aromatic nitrogens is 1. The number of carbonyl (C=O) groups is 2. The molecule has 0 aromatic carbocycles. The molecule has 0 bridgehead atoms. The minimum atomic E-state index is -4.51. The lowest BCUT2D eigenvalue weighted by atomic mass is 10.2. The number of nitrogens with zero attached hydrogens (tertiary/aromatic N) is 2. The first-order valence-electron chi connectivity index (χ1n) is 5.86. The first kappa shape index (κ1) is 16.1. The summed E-state index contributed by atoms with van der Waals surface area (Å²) in [5.74, 6) is -2.02. The third-order valence-electron chi connectivity index (χ3n) is 2.59. The molecule has 1 rings (SSSR count). The number of halogens is 3. The van der Waals surface area contributed by atoms with E-state index in [1.807, 2.05) is 0 Å². The molecule has 0 saturated carbocycles. The number of carbonyl (C=O) groups excluding carboxylic acids is 1. The molecule has 1 aromatic heterocycles. The van der Waals surface area contributed by atoms with Crippen molar-refractivity contribution in [2.24, 2.45) is 0 Å². The molecular weight excluding hydrogens is 277 g/mol. The van der Waals surface area contributed by atoms with Crippen LogP contribution in [-0.4, -0.2) is 45.2 Å². The summed E-state index contributed by atoms with van der Waals surface area (Å²) in [6.07, 6.45) is -3.17. The minimum absolute atomic E-state index is 0.0784. The first-order valence-corrected chi connectivity index (χ1v) is 5.86. The van der Waals surface area contributed by atoms with Crippen molar-refractivity contribution >= 4 is 11.9 Å². The largest absolute Gasteiger partial charge is 0.480 e. The first-order chi connectivity index (χ1) is 9.11. The van der Waals surface area contributed by atoms with Gasteiger partial charge in [-0.3, -0.25) is 9.59 Å². The van der Waals surface area contributed by atoms with Crippen molar-refractivity contribution in [3.63, 3.8) is 0 Å². The number of rotatable bonds is 5. The van der Waals surface area contributed by atoms with Crippen LogP contribution >= 0.6 is 0 Å². The summed E-state index contributed by atoms with van der Waals surface area (Å²) in [5.41, 5.74) is -0.0784. The fourth-order valence-corrected chi connectivity index (χ4v) is 1.72. The Hall–Kier alpha value is -1.99. The molecule has 0 fully saturated rings. The van der Waals surface area contributed by atoms with Gasteiger partial charge in [0.05, 0.1) is 0 Å². The molecule has 0 atom stereocenters. The summed E-state index contributed by atoms with van der Waals surface area (Å²) in [6.45, 7) is 1.08. The Balaban J connectivity index is 3.01. The van der Waals surface area contributed by atoms with Gasteiger partial charge in [-0.15, -0.1) is 0 Å². The van der Waals surface area contributed by atoms with Gasteiger partial charge in [0, 0.05) is 12.2 Å². The summed E-state index contributed by atoms with van der Waals surface area (Å²) in [5, 5.41) is 8.70. The number of amides is 1. The van der Waals surface area contributed by atoms with Crippen LogP contribution in [0.1, 0.15) is 24.3 Å². The molecule has 1 heterocycles. The van der Waals surface area contributed by atoms with Gasteiger partial charge in [0.25, 0.3) is 5.91 Å². The van der Waals surface area contributed by atoms with Gasteiger partial charge >= 0.3 is 12.1 Å². The van der Waals surface area contributed by atoms with Crippen molar-refractivity contribution in [3.8, 4) is 0 Å². The normalized spacial score (nSPS) is 11.7. The van der Waals surface area contributed by atoms with Crippen LogP contribution in [0.2, 0.25) is 0 Å². The molecule has 0 aliphatic heterocycles. The van der Waals surface area contributed by atoms with E-state index < -0.39 is 37.2 Å². The summed E-state index contributed by atoms with van der Waals surface area (Å²) in [6, 6.07) is 2.07. The van der Waals surface area contributed by atoms with Crippen LogP contribution in [-0.2, 0) is 11.3 Å². The number of aliphatic carboxylic acids is 1. The molecule has 0 radical (unpaired) electrons. The van der Waals surface area contributed by atoms with Crippen molar-refractivity contribution in [2.45, 2.75) is 32.6 Å². The van der Waals surface area contributed by atoms with Crippen molar-refractivity contribution in [2.75, 3.05) is 6.54 Å². The zero-order chi connectivity index (χ0) is 15.5. The molecule has 20 heavy (non-hydrogen) atoms. The molecular formula is C12H15F3N2O3. The highest BCUT2D eigenvalue weighted by atomic mass is 19.4. The third kappa shape index (κ3) is 4.29. The standard InChI is InChI=1S/C12H15F3N2O3/c1-8(2)17(7-12(13,14)15)11(20)9-4-3-5-16(9)6-10(18)19/h3-5,8H,6-7H2,1-2H3,(H,18,19). The molecule has 0 unspecified atom stereocenters. The second-order valence-electron chi connectivity index (χ2n) is 4.56. The van der Waals surface area contributed by atoms with E-state index >= 15 is 0 Å². The number of alkyl halides is 3. The average Bonchev–Trinajstić information content (AvgIpc) is 2.70. The molecule has 0 spiro atoms. The molecule has 112 valence electrons. The van der Waals surface area contributed by atoms with E-state index in [1.54, 1.807) is 0 Å². The van der Waals surface area contributed by atoms with Crippen LogP contribution in [0.5, 0.6) is 0 Å². The maximum Gasteiger partial charge on any atom is 0.406 e. The fourth-order valence-electron chi connectivity index (χ4n) is 1.72. The highest BCUT2D eigenvalue weighted by Gasteiger charge is 2.35. The van der Waals surface area contributed by atoms with Gasteiger partial charge in [0.2, 0.25) is 0 Å². The molecule has 0 aliphatic carbocycles. The van der Waals surface area contributed by atoms with Gasteiger partial charge in [0.15, 0.2) is 0 Å². The van der Waals surface area contributed by atoms with E-state index in [4.69, 9.17) is 5.11 Å². The van der Waals surface area contributed by atoms with Crippen LogP contribution in [0, 0.1) is 0 Å². The van der Waals surface area contributed by atoms with Crippen molar-refractivity contribution < 1.29 is 27.9 Å². The molecule has 8 heteroatoms. The second-order valence-corrected chi connectivity index (χ2v) is 4.56. The maximum atomic E-state index is 12.5. The molecule has 1 amide bonds. The van der Waals surface area contributed by atoms with Crippen LogP contribution in [0.4, 0.5) is 13.2 Å².